The molecule has 0 amide bonds. The molecule has 0 radical (unpaired) electrons. The van der Waals surface area contributed by atoms with Crippen LogP contribution in [0.5, 0.6) is 23.0 Å². The highest BCUT2D eigenvalue weighted by atomic mass is 16.5. The number of benzene rings is 3. The molecule has 0 fully saturated rings. The van der Waals surface area contributed by atoms with Crippen molar-refractivity contribution < 1.29 is 43.2 Å². The molecule has 1 N–H and O–H groups in total. The average Bonchev–Trinajstić information content (AvgIpc) is 3.08. The summed E-state index contributed by atoms with van der Waals surface area (Å²) in [7, 11) is 0. The SMILES string of the molecule is C=CC(=O)OCCCCCCOc1ccc(-c2ccc(OC(=O)c3ccc(OCCCCCCOC(=O)C=C)c(O)c3)cc2)cc1. The number of unbranched alkanes of at least 4 members (excludes halogenated alkanes) is 6. The standard InChI is InChI=1S/C37H42O9/c1-3-35(39)44-25-11-7-5-9-23-42-31-18-13-28(14-19-31)29-15-20-32(21-16-29)46-37(41)30-17-22-34(33(38)27-30)43-24-10-6-8-12-26-45-36(40)4-2/h3-4,13-22,27,38H,1-2,5-12,23-26H2. The zero-order valence-corrected chi connectivity index (χ0v) is 26.1. The van der Waals surface area contributed by atoms with Crippen LogP contribution in [0.4, 0.5) is 0 Å². The van der Waals surface area contributed by atoms with Crippen LogP contribution in [0.15, 0.2) is 92.0 Å². The fourth-order valence-corrected chi connectivity index (χ4v) is 4.34. The molecule has 0 aromatic heterocycles. The van der Waals surface area contributed by atoms with Crippen LogP contribution < -0.4 is 14.2 Å². The number of hydrogen-bond donors (Lipinski definition) is 1. The number of carbonyl (C=O) groups excluding carboxylic acids is 3. The monoisotopic (exact) mass is 630 g/mol. The highest BCUT2D eigenvalue weighted by Gasteiger charge is 2.13. The van der Waals surface area contributed by atoms with E-state index in [9.17, 15) is 19.5 Å². The van der Waals surface area contributed by atoms with Gasteiger partial charge in [-0.1, -0.05) is 37.4 Å². The first-order valence-corrected chi connectivity index (χ1v) is 15.5. The van der Waals surface area contributed by atoms with E-state index in [0.29, 0.717) is 32.2 Å². The van der Waals surface area contributed by atoms with Crippen LogP contribution in [-0.2, 0) is 19.1 Å². The molecule has 0 saturated carbocycles. The van der Waals surface area contributed by atoms with Gasteiger partial charge in [0.15, 0.2) is 11.5 Å². The summed E-state index contributed by atoms with van der Waals surface area (Å²) in [6, 6.07) is 19.4. The van der Waals surface area contributed by atoms with E-state index in [0.717, 1.165) is 74.3 Å². The molecule has 3 rings (SSSR count). The molecule has 0 unspecified atom stereocenters. The maximum Gasteiger partial charge on any atom is 0.343 e. The second-order valence-corrected chi connectivity index (χ2v) is 10.4. The van der Waals surface area contributed by atoms with Gasteiger partial charge in [-0.15, -0.1) is 0 Å². The minimum Gasteiger partial charge on any atom is -0.504 e. The number of phenolic OH excluding ortho intramolecular Hbond substituents is 1. The quantitative estimate of drug-likeness (QED) is 0.0549. The van der Waals surface area contributed by atoms with Crippen molar-refractivity contribution in [2.45, 2.75) is 51.4 Å². The van der Waals surface area contributed by atoms with Crippen LogP contribution in [0.1, 0.15) is 61.7 Å². The first-order valence-electron chi connectivity index (χ1n) is 15.5. The van der Waals surface area contributed by atoms with Crippen molar-refractivity contribution >= 4 is 17.9 Å². The van der Waals surface area contributed by atoms with Crippen LogP contribution in [-0.4, -0.2) is 49.4 Å². The highest BCUT2D eigenvalue weighted by Crippen LogP contribution is 2.29. The molecule has 0 aliphatic rings. The van der Waals surface area contributed by atoms with Crippen molar-refractivity contribution in [2.24, 2.45) is 0 Å². The predicted molar refractivity (Wildman–Crippen MR) is 175 cm³/mol. The van der Waals surface area contributed by atoms with Crippen molar-refractivity contribution in [3.8, 4) is 34.1 Å². The largest absolute Gasteiger partial charge is 0.504 e. The van der Waals surface area contributed by atoms with Gasteiger partial charge >= 0.3 is 17.9 Å². The summed E-state index contributed by atoms with van der Waals surface area (Å²) in [5, 5.41) is 10.3. The highest BCUT2D eigenvalue weighted by molar-refractivity contribution is 5.92. The van der Waals surface area contributed by atoms with Crippen LogP contribution in [0, 0.1) is 0 Å². The van der Waals surface area contributed by atoms with Gasteiger partial charge in [0, 0.05) is 12.2 Å². The van der Waals surface area contributed by atoms with Gasteiger partial charge in [0.25, 0.3) is 0 Å². The average molecular weight is 631 g/mol. The molecule has 0 spiro atoms. The molecule has 9 heteroatoms. The third-order valence-corrected chi connectivity index (χ3v) is 6.87. The molecule has 0 saturated heterocycles. The Morgan fingerprint density at radius 3 is 1.57 bits per heavy atom. The summed E-state index contributed by atoms with van der Waals surface area (Å²) in [5.41, 5.74) is 2.15. The lowest BCUT2D eigenvalue weighted by molar-refractivity contribution is -0.138. The van der Waals surface area contributed by atoms with Crippen molar-refractivity contribution in [1.29, 1.82) is 0 Å². The first-order chi connectivity index (χ1) is 22.4. The maximum absolute atomic E-state index is 12.7. The lowest BCUT2D eigenvalue weighted by Gasteiger charge is -2.10. The van der Waals surface area contributed by atoms with Crippen LogP contribution in [0.25, 0.3) is 11.1 Å². The zero-order valence-electron chi connectivity index (χ0n) is 26.1. The van der Waals surface area contributed by atoms with Crippen LogP contribution in [0.2, 0.25) is 0 Å². The van der Waals surface area contributed by atoms with E-state index in [1.165, 1.54) is 12.1 Å². The van der Waals surface area contributed by atoms with Gasteiger partial charge in [-0.2, -0.15) is 0 Å². The second-order valence-electron chi connectivity index (χ2n) is 10.4. The van der Waals surface area contributed by atoms with Gasteiger partial charge in [-0.05, 0) is 105 Å². The van der Waals surface area contributed by atoms with Gasteiger partial charge in [-0.3, -0.25) is 0 Å². The Kier molecular flexibility index (Phi) is 15.5. The van der Waals surface area contributed by atoms with Crippen molar-refractivity contribution in [3.63, 3.8) is 0 Å². The molecular weight excluding hydrogens is 588 g/mol. The van der Waals surface area contributed by atoms with E-state index < -0.39 is 11.9 Å². The van der Waals surface area contributed by atoms with Crippen molar-refractivity contribution in [3.05, 3.63) is 97.6 Å². The number of ether oxygens (including phenoxy) is 5. The van der Waals surface area contributed by atoms with E-state index >= 15 is 0 Å². The normalized spacial score (nSPS) is 10.4. The molecule has 3 aromatic carbocycles. The zero-order chi connectivity index (χ0) is 33.0. The van der Waals surface area contributed by atoms with E-state index in [4.69, 9.17) is 23.7 Å². The maximum atomic E-state index is 12.7. The van der Waals surface area contributed by atoms with Crippen LogP contribution in [0.3, 0.4) is 0 Å². The molecule has 0 heterocycles. The lowest BCUT2D eigenvalue weighted by atomic mass is 10.1. The fourth-order valence-electron chi connectivity index (χ4n) is 4.34. The van der Waals surface area contributed by atoms with Crippen molar-refractivity contribution in [2.75, 3.05) is 26.4 Å². The van der Waals surface area contributed by atoms with Gasteiger partial charge in [-0.25, -0.2) is 14.4 Å². The summed E-state index contributed by atoms with van der Waals surface area (Å²) in [6.07, 6.45) is 9.29. The minimum absolute atomic E-state index is 0.141. The molecule has 0 aliphatic heterocycles. The van der Waals surface area contributed by atoms with Gasteiger partial charge in [0.2, 0.25) is 0 Å². The minimum atomic E-state index is -0.593. The number of phenols is 1. The predicted octanol–water partition coefficient (Wildman–Crippen LogP) is 7.62. The number of hydrogen-bond acceptors (Lipinski definition) is 9. The Balaban J connectivity index is 1.36. The Bertz CT molecular complexity index is 1410. The Hall–Kier alpha value is -5.05. The number of aromatic hydroxyl groups is 1. The number of carbonyl (C=O) groups is 3. The molecule has 0 aliphatic carbocycles. The van der Waals surface area contributed by atoms with Gasteiger partial charge in [0.05, 0.1) is 32.0 Å². The Morgan fingerprint density at radius 2 is 1.07 bits per heavy atom. The summed E-state index contributed by atoms with van der Waals surface area (Å²) in [4.78, 5) is 34.7. The van der Waals surface area contributed by atoms with E-state index in [-0.39, 0.29) is 23.0 Å². The molecule has 3 aromatic rings. The summed E-state index contributed by atoms with van der Waals surface area (Å²) >= 11 is 0. The molecule has 46 heavy (non-hydrogen) atoms. The molecular formula is C37H42O9. The smallest absolute Gasteiger partial charge is 0.343 e. The molecule has 0 atom stereocenters. The van der Waals surface area contributed by atoms with Crippen LogP contribution >= 0.6 is 0 Å². The third kappa shape index (κ3) is 12.9. The topological polar surface area (TPSA) is 118 Å². The number of esters is 3. The third-order valence-electron chi connectivity index (χ3n) is 6.87. The lowest BCUT2D eigenvalue weighted by Crippen LogP contribution is -2.08. The summed E-state index contributed by atoms with van der Waals surface area (Å²) in [6.45, 7) is 8.52. The van der Waals surface area contributed by atoms with Crippen molar-refractivity contribution in [1.82, 2.24) is 0 Å². The summed E-state index contributed by atoms with van der Waals surface area (Å²) < 4.78 is 26.9. The fraction of sp³-hybridized carbons (Fsp3) is 0.324. The van der Waals surface area contributed by atoms with Gasteiger partial charge in [0.1, 0.15) is 11.5 Å². The second kappa shape index (κ2) is 20.1. The molecule has 9 nitrogen and oxygen atoms in total. The van der Waals surface area contributed by atoms with E-state index in [1.54, 1.807) is 24.3 Å². The molecule has 0 bridgehead atoms. The Morgan fingerprint density at radius 1 is 0.587 bits per heavy atom. The van der Waals surface area contributed by atoms with E-state index in [1.807, 2.05) is 36.4 Å². The van der Waals surface area contributed by atoms with E-state index in [2.05, 4.69) is 13.2 Å². The molecule has 244 valence electrons. The summed E-state index contributed by atoms with van der Waals surface area (Å²) in [5.74, 6) is -0.0846. The first kappa shape index (κ1) is 35.4. The van der Waals surface area contributed by atoms with Gasteiger partial charge < -0.3 is 28.8 Å². The Labute approximate surface area is 270 Å². The number of rotatable bonds is 21.